The molecule has 3 aliphatic rings. The number of hydrogen-bond acceptors (Lipinski definition) is 6. The number of hydrogen-bond donors (Lipinski definition) is 1. The van der Waals surface area contributed by atoms with Gasteiger partial charge in [-0.15, -0.1) is 6.58 Å². The van der Waals surface area contributed by atoms with E-state index in [9.17, 15) is 4.79 Å². The van der Waals surface area contributed by atoms with Crippen molar-refractivity contribution in [2.24, 2.45) is 5.92 Å². The van der Waals surface area contributed by atoms with E-state index in [4.69, 9.17) is 9.47 Å². The fourth-order valence-corrected chi connectivity index (χ4v) is 6.37. The number of allylic oxidation sites excluding steroid dienone is 1. The second-order valence-corrected chi connectivity index (χ2v) is 10.7. The Kier molecular flexibility index (Phi) is 8.15. The Morgan fingerprint density at radius 2 is 2.16 bits per heavy atom. The summed E-state index contributed by atoms with van der Waals surface area (Å²) in [6.45, 7) is 11.0. The maximum atomic E-state index is 13.1. The van der Waals surface area contributed by atoms with Crippen LogP contribution in [0.1, 0.15) is 55.0 Å². The molecule has 2 fully saturated rings. The summed E-state index contributed by atoms with van der Waals surface area (Å²) in [5.41, 5.74) is 3.57. The molecule has 3 atom stereocenters. The lowest BCUT2D eigenvalue weighted by atomic mass is 9.94. The highest BCUT2D eigenvalue weighted by Crippen LogP contribution is 2.46. The SMILES string of the molecule is C=CCn1ncc(CN2CCCCOc3cc(ccc3OC)[C@H]3C[C@H](CNC(=O)C2)[C@@H]2CCCN32)c1C. The van der Waals surface area contributed by atoms with Gasteiger partial charge in [0, 0.05) is 36.4 Å². The van der Waals surface area contributed by atoms with Gasteiger partial charge in [-0.3, -0.25) is 19.3 Å². The Bertz CT molecular complexity index is 1100. The second kappa shape index (κ2) is 11.7. The van der Waals surface area contributed by atoms with Gasteiger partial charge >= 0.3 is 0 Å². The van der Waals surface area contributed by atoms with Gasteiger partial charge in [0.05, 0.1) is 33.0 Å². The average molecular weight is 508 g/mol. The molecule has 1 amide bonds. The normalized spacial score (nSPS) is 25.4. The molecule has 5 rings (SSSR count). The van der Waals surface area contributed by atoms with Crippen LogP contribution in [0, 0.1) is 12.8 Å². The van der Waals surface area contributed by atoms with Gasteiger partial charge < -0.3 is 14.8 Å². The molecule has 3 aliphatic heterocycles. The Hall–Kier alpha value is -2.84. The van der Waals surface area contributed by atoms with Crippen LogP contribution in [0.3, 0.4) is 0 Å². The first-order valence-electron chi connectivity index (χ1n) is 13.7. The molecule has 2 saturated heterocycles. The van der Waals surface area contributed by atoms with Crippen molar-refractivity contribution >= 4 is 5.91 Å². The average Bonchev–Trinajstić information content (AvgIpc) is 3.59. The first-order chi connectivity index (χ1) is 18.1. The largest absolute Gasteiger partial charge is 0.493 e. The summed E-state index contributed by atoms with van der Waals surface area (Å²) in [5, 5.41) is 7.80. The van der Waals surface area contributed by atoms with Crippen LogP contribution in [0.5, 0.6) is 11.5 Å². The van der Waals surface area contributed by atoms with Crippen molar-refractivity contribution in [3.05, 3.63) is 53.9 Å². The van der Waals surface area contributed by atoms with Gasteiger partial charge in [-0.1, -0.05) is 12.1 Å². The number of amides is 1. The van der Waals surface area contributed by atoms with Crippen molar-refractivity contribution in [3.8, 4) is 11.5 Å². The van der Waals surface area contributed by atoms with E-state index in [2.05, 4.69) is 45.9 Å². The summed E-state index contributed by atoms with van der Waals surface area (Å²) in [6.07, 6.45) is 9.10. The Labute approximate surface area is 220 Å². The molecule has 2 aromatic rings. The molecule has 4 bridgehead atoms. The summed E-state index contributed by atoms with van der Waals surface area (Å²) >= 11 is 0. The van der Waals surface area contributed by atoms with Crippen molar-refractivity contribution < 1.29 is 14.3 Å². The topological polar surface area (TPSA) is 71.9 Å². The monoisotopic (exact) mass is 507 g/mol. The molecular formula is C29H41N5O3. The summed E-state index contributed by atoms with van der Waals surface area (Å²) in [6, 6.07) is 7.31. The fourth-order valence-electron chi connectivity index (χ4n) is 6.37. The van der Waals surface area contributed by atoms with E-state index in [0.29, 0.717) is 44.2 Å². The van der Waals surface area contributed by atoms with E-state index in [1.165, 1.54) is 18.4 Å². The van der Waals surface area contributed by atoms with Crippen molar-refractivity contribution in [1.29, 1.82) is 0 Å². The van der Waals surface area contributed by atoms with E-state index < -0.39 is 0 Å². The predicted octanol–water partition coefficient (Wildman–Crippen LogP) is 3.70. The smallest absolute Gasteiger partial charge is 0.234 e. The molecule has 1 aromatic carbocycles. The Morgan fingerprint density at radius 3 is 3.00 bits per heavy atom. The van der Waals surface area contributed by atoms with Crippen LogP contribution in [0.4, 0.5) is 0 Å². The molecule has 0 saturated carbocycles. The van der Waals surface area contributed by atoms with Crippen LogP contribution in [0.2, 0.25) is 0 Å². The van der Waals surface area contributed by atoms with Crippen LogP contribution in [-0.2, 0) is 17.9 Å². The zero-order valence-electron chi connectivity index (χ0n) is 22.3. The van der Waals surface area contributed by atoms with E-state index in [1.54, 1.807) is 7.11 Å². The third-order valence-corrected chi connectivity index (χ3v) is 8.34. The van der Waals surface area contributed by atoms with Gasteiger partial charge in [0.1, 0.15) is 0 Å². The van der Waals surface area contributed by atoms with Crippen molar-refractivity contribution in [1.82, 2.24) is 24.9 Å². The lowest BCUT2D eigenvalue weighted by molar-refractivity contribution is -0.122. The predicted molar refractivity (Wildman–Crippen MR) is 144 cm³/mol. The molecule has 0 unspecified atom stereocenters. The van der Waals surface area contributed by atoms with Gasteiger partial charge in [-0.25, -0.2) is 0 Å². The number of benzene rings is 1. The molecular weight excluding hydrogens is 466 g/mol. The van der Waals surface area contributed by atoms with E-state index in [0.717, 1.165) is 61.7 Å². The minimum atomic E-state index is 0.110. The Balaban J connectivity index is 1.34. The standard InChI is InChI=1S/C29H41N5O3/c1-4-11-34-21(2)24(18-31-34)19-32-12-5-6-14-37-28-16-22(9-10-27(28)36-3)26-15-23(17-30-29(35)20-32)25-8-7-13-33(25)26/h4,9-10,16,18,23,25-26H,1,5-8,11-15,17,19-20H2,2-3H3,(H,30,35)/t23-,25+,26-/m1/s1. The van der Waals surface area contributed by atoms with E-state index >= 15 is 0 Å². The molecule has 0 aliphatic carbocycles. The number of carbonyl (C=O) groups is 1. The summed E-state index contributed by atoms with van der Waals surface area (Å²) in [4.78, 5) is 18.0. The number of nitrogens with zero attached hydrogens (tertiary/aromatic N) is 4. The van der Waals surface area contributed by atoms with Gasteiger partial charge in [-0.2, -0.15) is 5.10 Å². The molecule has 8 heteroatoms. The zero-order valence-corrected chi connectivity index (χ0v) is 22.3. The third-order valence-electron chi connectivity index (χ3n) is 8.34. The number of nitrogens with one attached hydrogen (secondary N) is 1. The highest BCUT2D eigenvalue weighted by Gasteiger charge is 2.44. The van der Waals surface area contributed by atoms with Crippen molar-refractivity contribution in [2.45, 2.75) is 64.2 Å². The molecule has 0 radical (unpaired) electrons. The van der Waals surface area contributed by atoms with Crippen LogP contribution in [0.25, 0.3) is 0 Å². The zero-order chi connectivity index (χ0) is 25.8. The molecule has 37 heavy (non-hydrogen) atoms. The lowest BCUT2D eigenvalue weighted by Crippen LogP contribution is -2.41. The van der Waals surface area contributed by atoms with Crippen molar-refractivity contribution in [2.75, 3.05) is 39.9 Å². The highest BCUT2D eigenvalue weighted by atomic mass is 16.5. The first kappa shape index (κ1) is 25.8. The minimum absolute atomic E-state index is 0.110. The van der Waals surface area contributed by atoms with Crippen LogP contribution in [0.15, 0.2) is 37.1 Å². The molecule has 200 valence electrons. The van der Waals surface area contributed by atoms with Gasteiger partial charge in [0.25, 0.3) is 0 Å². The number of rotatable bonds is 5. The lowest BCUT2D eigenvalue weighted by Gasteiger charge is -2.25. The molecule has 0 spiro atoms. The quantitative estimate of drug-likeness (QED) is 0.623. The number of fused-ring (bicyclic) bond motifs is 8. The molecule has 4 heterocycles. The van der Waals surface area contributed by atoms with Gasteiger partial charge in [-0.05, 0) is 75.7 Å². The summed E-state index contributed by atoms with van der Waals surface area (Å²) < 4.78 is 13.8. The van der Waals surface area contributed by atoms with Gasteiger partial charge in [0.15, 0.2) is 11.5 Å². The summed E-state index contributed by atoms with van der Waals surface area (Å²) in [7, 11) is 1.70. The van der Waals surface area contributed by atoms with E-state index in [1.807, 2.05) is 23.0 Å². The minimum Gasteiger partial charge on any atom is -0.493 e. The number of ether oxygens (including phenoxy) is 2. The van der Waals surface area contributed by atoms with Crippen LogP contribution < -0.4 is 14.8 Å². The molecule has 8 nitrogen and oxygen atoms in total. The Morgan fingerprint density at radius 1 is 1.27 bits per heavy atom. The maximum absolute atomic E-state index is 13.1. The third kappa shape index (κ3) is 5.70. The number of carbonyl (C=O) groups excluding carboxylic acids is 1. The number of aromatic nitrogens is 2. The summed E-state index contributed by atoms with van der Waals surface area (Å²) in [5.74, 6) is 2.20. The van der Waals surface area contributed by atoms with Crippen molar-refractivity contribution in [3.63, 3.8) is 0 Å². The van der Waals surface area contributed by atoms with Crippen LogP contribution in [-0.4, -0.2) is 71.4 Å². The fraction of sp³-hybridized carbons (Fsp3) is 0.586. The number of methoxy groups -OCH3 is 1. The second-order valence-electron chi connectivity index (χ2n) is 10.7. The van der Waals surface area contributed by atoms with Crippen LogP contribution >= 0.6 is 0 Å². The highest BCUT2D eigenvalue weighted by molar-refractivity contribution is 5.78. The molecule has 1 aromatic heterocycles. The molecule has 1 N–H and O–H groups in total. The first-order valence-corrected chi connectivity index (χ1v) is 13.7. The maximum Gasteiger partial charge on any atom is 0.234 e. The van der Waals surface area contributed by atoms with E-state index in [-0.39, 0.29) is 5.91 Å². The van der Waals surface area contributed by atoms with Gasteiger partial charge in [0.2, 0.25) is 5.91 Å².